The smallest absolute Gasteiger partial charge is 0.307 e. The van der Waals surface area contributed by atoms with E-state index in [0.717, 1.165) is 23.1 Å². The molecule has 102 valence electrons. The maximum Gasteiger partial charge on any atom is 0.307 e. The van der Waals surface area contributed by atoms with Gasteiger partial charge in [0.25, 0.3) is 0 Å². The summed E-state index contributed by atoms with van der Waals surface area (Å²) in [6, 6.07) is 8.00. The minimum absolute atomic E-state index is 0.100. The highest BCUT2D eigenvalue weighted by atomic mass is 16.4. The molecule has 1 N–H and O–H groups in total. The van der Waals surface area contributed by atoms with Gasteiger partial charge in [-0.05, 0) is 18.9 Å². The minimum Gasteiger partial charge on any atom is -0.481 e. The molecular formula is C15H20N2O2. The number of aromatic nitrogens is 2. The molecule has 19 heavy (non-hydrogen) atoms. The summed E-state index contributed by atoms with van der Waals surface area (Å²) < 4.78 is 1.93. The number of hydrogen-bond acceptors (Lipinski definition) is 2. The first kappa shape index (κ1) is 13.6. The lowest BCUT2D eigenvalue weighted by molar-refractivity contribution is -0.143. The summed E-state index contributed by atoms with van der Waals surface area (Å²) in [6.45, 7) is 6.72. The third kappa shape index (κ3) is 2.62. The van der Waals surface area contributed by atoms with Crippen LogP contribution in [0.2, 0.25) is 0 Å². The Labute approximate surface area is 113 Å². The number of fused-ring (bicyclic) bond motifs is 1. The molecule has 2 rings (SSSR count). The summed E-state index contributed by atoms with van der Waals surface area (Å²) in [4.78, 5) is 11.3. The summed E-state index contributed by atoms with van der Waals surface area (Å²) >= 11 is 0. The summed E-state index contributed by atoms with van der Waals surface area (Å²) in [5.41, 5.74) is 1.96. The number of carboxylic acids is 1. The van der Waals surface area contributed by atoms with Gasteiger partial charge in [0.2, 0.25) is 0 Å². The Balaban J connectivity index is 2.42. The molecule has 1 aromatic heterocycles. The Morgan fingerprint density at radius 3 is 2.63 bits per heavy atom. The van der Waals surface area contributed by atoms with Crippen molar-refractivity contribution in [3.63, 3.8) is 0 Å². The number of hydrogen-bond donors (Lipinski definition) is 1. The number of aryl methyl sites for hydroxylation is 1. The molecule has 0 saturated heterocycles. The van der Waals surface area contributed by atoms with E-state index in [1.807, 2.05) is 49.7 Å². The molecule has 2 aromatic rings. The standard InChI is InChI=1S/C15H20N2O2/c1-4-17-14-8-6-5-7-11(14)13(16-17)9-12(10(2)3)15(18)19/h5-8,10,12H,4,9H2,1-3H3,(H,18,19). The molecule has 1 heterocycles. The molecule has 0 aliphatic carbocycles. The molecule has 4 nitrogen and oxygen atoms in total. The summed E-state index contributed by atoms with van der Waals surface area (Å²) in [7, 11) is 0. The molecule has 0 spiro atoms. The number of aliphatic carboxylic acids is 1. The van der Waals surface area contributed by atoms with Crippen LogP contribution >= 0.6 is 0 Å². The fraction of sp³-hybridized carbons (Fsp3) is 0.467. The Morgan fingerprint density at radius 1 is 1.37 bits per heavy atom. The van der Waals surface area contributed by atoms with E-state index in [-0.39, 0.29) is 11.8 Å². The van der Waals surface area contributed by atoms with Crippen LogP contribution in [0.3, 0.4) is 0 Å². The second-order valence-corrected chi connectivity index (χ2v) is 5.17. The SMILES string of the molecule is CCn1nc(CC(C(=O)O)C(C)C)c2ccccc21. The maximum atomic E-state index is 11.3. The van der Waals surface area contributed by atoms with Crippen molar-refractivity contribution in [3.8, 4) is 0 Å². The third-order valence-corrected chi connectivity index (χ3v) is 3.57. The topological polar surface area (TPSA) is 55.1 Å². The maximum absolute atomic E-state index is 11.3. The van der Waals surface area contributed by atoms with Crippen molar-refractivity contribution in [1.29, 1.82) is 0 Å². The predicted molar refractivity (Wildman–Crippen MR) is 75.1 cm³/mol. The second kappa shape index (κ2) is 5.43. The number of carboxylic acid groups (broad SMARTS) is 1. The molecule has 0 bridgehead atoms. The van der Waals surface area contributed by atoms with Crippen LogP contribution in [0.15, 0.2) is 24.3 Å². The number of rotatable bonds is 5. The van der Waals surface area contributed by atoms with Crippen molar-refractivity contribution >= 4 is 16.9 Å². The number of para-hydroxylation sites is 1. The van der Waals surface area contributed by atoms with Crippen LogP contribution in [-0.2, 0) is 17.8 Å². The van der Waals surface area contributed by atoms with Gasteiger partial charge < -0.3 is 5.11 Å². The van der Waals surface area contributed by atoms with Crippen molar-refractivity contribution in [2.75, 3.05) is 0 Å². The average Bonchev–Trinajstić information content (AvgIpc) is 2.73. The van der Waals surface area contributed by atoms with Gasteiger partial charge in [-0.2, -0.15) is 5.10 Å². The molecule has 0 radical (unpaired) electrons. The largest absolute Gasteiger partial charge is 0.481 e. The zero-order valence-corrected chi connectivity index (χ0v) is 11.6. The molecule has 0 aliphatic rings. The third-order valence-electron chi connectivity index (χ3n) is 3.57. The van der Waals surface area contributed by atoms with E-state index in [9.17, 15) is 9.90 Å². The predicted octanol–water partition coefficient (Wildman–Crippen LogP) is 2.96. The zero-order chi connectivity index (χ0) is 14.0. The lowest BCUT2D eigenvalue weighted by atomic mass is 9.90. The van der Waals surface area contributed by atoms with Crippen LogP contribution < -0.4 is 0 Å². The van der Waals surface area contributed by atoms with E-state index in [4.69, 9.17) is 0 Å². The molecule has 4 heteroatoms. The quantitative estimate of drug-likeness (QED) is 0.899. The number of carbonyl (C=O) groups is 1. The molecule has 1 unspecified atom stereocenters. The van der Waals surface area contributed by atoms with Crippen molar-refractivity contribution in [3.05, 3.63) is 30.0 Å². The van der Waals surface area contributed by atoms with Gasteiger partial charge in [-0.1, -0.05) is 32.0 Å². The van der Waals surface area contributed by atoms with Gasteiger partial charge >= 0.3 is 5.97 Å². The van der Waals surface area contributed by atoms with E-state index < -0.39 is 5.97 Å². The first-order valence-corrected chi connectivity index (χ1v) is 6.71. The van der Waals surface area contributed by atoms with Crippen LogP contribution in [-0.4, -0.2) is 20.9 Å². The number of nitrogens with zero attached hydrogens (tertiary/aromatic N) is 2. The van der Waals surface area contributed by atoms with E-state index in [2.05, 4.69) is 5.10 Å². The molecule has 0 saturated carbocycles. The Kier molecular flexibility index (Phi) is 3.88. The highest BCUT2D eigenvalue weighted by molar-refractivity contribution is 5.82. The molecule has 0 fully saturated rings. The van der Waals surface area contributed by atoms with E-state index in [1.165, 1.54) is 0 Å². The molecular weight excluding hydrogens is 240 g/mol. The Hall–Kier alpha value is -1.84. The van der Waals surface area contributed by atoms with E-state index in [1.54, 1.807) is 0 Å². The summed E-state index contributed by atoms with van der Waals surface area (Å²) in [5, 5.41) is 14.9. The normalized spacial score (nSPS) is 13.1. The first-order chi connectivity index (χ1) is 9.04. The van der Waals surface area contributed by atoms with Crippen LogP contribution in [0.4, 0.5) is 0 Å². The molecule has 1 atom stereocenters. The Bertz CT molecular complexity index is 587. The lowest BCUT2D eigenvalue weighted by Crippen LogP contribution is -2.22. The second-order valence-electron chi connectivity index (χ2n) is 5.17. The molecule has 0 amide bonds. The van der Waals surface area contributed by atoms with Crippen molar-refractivity contribution in [2.45, 2.75) is 33.7 Å². The van der Waals surface area contributed by atoms with Gasteiger partial charge in [0, 0.05) is 18.4 Å². The lowest BCUT2D eigenvalue weighted by Gasteiger charge is -2.14. The molecule has 1 aromatic carbocycles. The van der Waals surface area contributed by atoms with Crippen LogP contribution in [0.25, 0.3) is 10.9 Å². The summed E-state index contributed by atoms with van der Waals surface area (Å²) in [6.07, 6.45) is 0.487. The highest BCUT2D eigenvalue weighted by Crippen LogP contribution is 2.24. The fourth-order valence-electron chi connectivity index (χ4n) is 2.40. The highest BCUT2D eigenvalue weighted by Gasteiger charge is 2.24. The molecule has 0 aliphatic heterocycles. The number of benzene rings is 1. The first-order valence-electron chi connectivity index (χ1n) is 6.71. The van der Waals surface area contributed by atoms with Gasteiger partial charge in [0.15, 0.2) is 0 Å². The van der Waals surface area contributed by atoms with Gasteiger partial charge in [-0.25, -0.2) is 0 Å². The minimum atomic E-state index is -0.745. The van der Waals surface area contributed by atoms with Gasteiger partial charge in [0.1, 0.15) is 0 Å². The van der Waals surface area contributed by atoms with Crippen LogP contribution in [0.1, 0.15) is 26.5 Å². The fourth-order valence-corrected chi connectivity index (χ4v) is 2.40. The van der Waals surface area contributed by atoms with Gasteiger partial charge in [-0.3, -0.25) is 9.48 Å². The van der Waals surface area contributed by atoms with Crippen LogP contribution in [0, 0.1) is 11.8 Å². The summed E-state index contributed by atoms with van der Waals surface area (Å²) in [5.74, 6) is -1.03. The zero-order valence-electron chi connectivity index (χ0n) is 11.6. The van der Waals surface area contributed by atoms with E-state index in [0.29, 0.717) is 6.42 Å². The average molecular weight is 260 g/mol. The monoisotopic (exact) mass is 260 g/mol. The Morgan fingerprint density at radius 2 is 2.05 bits per heavy atom. The van der Waals surface area contributed by atoms with Crippen molar-refractivity contribution in [2.24, 2.45) is 11.8 Å². The van der Waals surface area contributed by atoms with E-state index >= 15 is 0 Å². The van der Waals surface area contributed by atoms with Gasteiger partial charge in [-0.15, -0.1) is 0 Å². The van der Waals surface area contributed by atoms with Crippen LogP contribution in [0.5, 0.6) is 0 Å². The van der Waals surface area contributed by atoms with Crippen molar-refractivity contribution in [1.82, 2.24) is 9.78 Å². The van der Waals surface area contributed by atoms with Gasteiger partial charge in [0.05, 0.1) is 17.1 Å². The van der Waals surface area contributed by atoms with Crippen molar-refractivity contribution < 1.29 is 9.90 Å².